The Hall–Kier alpha value is -2.67. The van der Waals surface area contributed by atoms with Gasteiger partial charge in [-0.1, -0.05) is 26.8 Å². The first kappa shape index (κ1) is 28.3. The molecule has 1 aliphatic rings. The van der Waals surface area contributed by atoms with Gasteiger partial charge in [-0.05, 0) is 36.3 Å². The number of nitrogens with zero attached hydrogens (tertiary/aromatic N) is 3. The second-order valence-corrected chi connectivity index (χ2v) is 18.0. The molecule has 0 saturated carbocycles. The number of aromatic nitrogens is 2. The van der Waals surface area contributed by atoms with Crippen molar-refractivity contribution in [3.05, 3.63) is 53.9 Å². The number of benzene rings is 2. The van der Waals surface area contributed by atoms with Gasteiger partial charge in [-0.2, -0.15) is 4.37 Å². The topological polar surface area (TPSA) is 100 Å². The van der Waals surface area contributed by atoms with Gasteiger partial charge in [-0.15, -0.1) is 0 Å². The molecule has 1 atom stereocenters. The SMILES string of the molecule is COc1ccc(CN(c2ncns2)S(=O)(=O)c2ccc3c(c2)OCCC3O[Si](C)(C)C(C)(C)C)c(OC)c1. The summed E-state index contributed by atoms with van der Waals surface area (Å²) in [5.74, 6) is 1.64. The monoisotopic (exact) mass is 577 g/mol. The van der Waals surface area contributed by atoms with Gasteiger partial charge in [-0.25, -0.2) is 17.7 Å². The van der Waals surface area contributed by atoms with Gasteiger partial charge in [0.05, 0.1) is 38.4 Å². The molecule has 38 heavy (non-hydrogen) atoms. The molecule has 0 N–H and O–H groups in total. The van der Waals surface area contributed by atoms with Crippen molar-refractivity contribution in [1.29, 1.82) is 0 Å². The Bertz CT molecular complexity index is 1370. The Morgan fingerprint density at radius 2 is 1.89 bits per heavy atom. The maximum Gasteiger partial charge on any atom is 0.266 e. The van der Waals surface area contributed by atoms with Crippen molar-refractivity contribution in [2.24, 2.45) is 0 Å². The first-order valence-corrected chi connectivity index (χ1v) is 17.4. The highest BCUT2D eigenvalue weighted by atomic mass is 32.2. The van der Waals surface area contributed by atoms with E-state index in [0.717, 1.165) is 23.5 Å². The average molecular weight is 578 g/mol. The van der Waals surface area contributed by atoms with Crippen molar-refractivity contribution >= 4 is 35.0 Å². The van der Waals surface area contributed by atoms with Crippen molar-refractivity contribution in [2.75, 3.05) is 25.1 Å². The molecule has 0 amide bonds. The zero-order valence-corrected chi connectivity index (χ0v) is 25.5. The lowest BCUT2D eigenvalue weighted by Gasteiger charge is -2.40. The summed E-state index contributed by atoms with van der Waals surface area (Å²) in [7, 11) is -2.98. The molecule has 2 heterocycles. The van der Waals surface area contributed by atoms with Crippen LogP contribution in [0.5, 0.6) is 17.2 Å². The summed E-state index contributed by atoms with van der Waals surface area (Å²) < 4.78 is 56.7. The molecule has 2 aromatic carbocycles. The third kappa shape index (κ3) is 5.68. The lowest BCUT2D eigenvalue weighted by atomic mass is 10.0. The van der Waals surface area contributed by atoms with Gasteiger partial charge in [-0.3, -0.25) is 0 Å². The minimum absolute atomic E-state index is 0.000254. The Balaban J connectivity index is 1.70. The molecule has 9 nitrogen and oxygen atoms in total. The fourth-order valence-electron chi connectivity index (χ4n) is 3.95. The first-order valence-electron chi connectivity index (χ1n) is 12.3. The van der Waals surface area contributed by atoms with Gasteiger partial charge in [0.15, 0.2) is 8.32 Å². The van der Waals surface area contributed by atoms with E-state index in [0.29, 0.717) is 29.4 Å². The molecule has 4 rings (SSSR count). The van der Waals surface area contributed by atoms with E-state index in [1.165, 1.54) is 17.7 Å². The Labute approximate surface area is 230 Å². The van der Waals surface area contributed by atoms with Gasteiger partial charge in [0.25, 0.3) is 10.0 Å². The molecule has 0 bridgehead atoms. The number of ether oxygens (including phenoxy) is 3. The van der Waals surface area contributed by atoms with Crippen LogP contribution in [0.1, 0.15) is 44.4 Å². The van der Waals surface area contributed by atoms with Crippen LogP contribution in [0.15, 0.2) is 47.6 Å². The highest BCUT2D eigenvalue weighted by molar-refractivity contribution is 7.93. The second-order valence-electron chi connectivity index (χ2n) is 10.6. The maximum atomic E-state index is 14.0. The summed E-state index contributed by atoms with van der Waals surface area (Å²) in [6, 6.07) is 10.3. The van der Waals surface area contributed by atoms with Gasteiger partial charge in [0, 0.05) is 41.2 Å². The molecule has 0 spiro atoms. The standard InChI is InChI=1S/C26H35N3O6S2Si/c1-26(2,3)38(6,7)35-22-12-13-34-24-15-20(10-11-21(22)24)37(30,31)29(25-27-17-28-36-25)16-18-8-9-19(32-4)14-23(18)33-5/h8-11,14-15,17,22H,12-13,16H2,1-7H3. The van der Waals surface area contributed by atoms with Crippen molar-refractivity contribution in [3.8, 4) is 17.2 Å². The smallest absolute Gasteiger partial charge is 0.266 e. The molecule has 12 heteroatoms. The lowest BCUT2D eigenvalue weighted by molar-refractivity contribution is 0.122. The van der Waals surface area contributed by atoms with Crippen LogP contribution < -0.4 is 18.5 Å². The molecular formula is C26H35N3O6S2Si. The van der Waals surface area contributed by atoms with Crippen LogP contribution in [0.2, 0.25) is 18.1 Å². The number of anilines is 1. The quantitative estimate of drug-likeness (QED) is 0.294. The number of hydrogen-bond donors (Lipinski definition) is 0. The minimum atomic E-state index is -4.03. The van der Waals surface area contributed by atoms with Gasteiger partial charge in [0.1, 0.15) is 23.6 Å². The summed E-state index contributed by atoms with van der Waals surface area (Å²) in [5, 5.41) is 0.306. The Kier molecular flexibility index (Phi) is 8.08. The van der Waals surface area contributed by atoms with E-state index >= 15 is 0 Å². The number of hydrogen-bond acceptors (Lipinski definition) is 9. The van der Waals surface area contributed by atoms with Crippen LogP contribution in [0, 0.1) is 0 Å². The summed E-state index contributed by atoms with van der Waals surface area (Å²) in [4.78, 5) is 4.30. The molecule has 1 aromatic heterocycles. The van der Waals surface area contributed by atoms with Gasteiger partial charge >= 0.3 is 0 Å². The van der Waals surface area contributed by atoms with Crippen LogP contribution in [-0.2, 0) is 21.0 Å². The summed E-state index contributed by atoms with van der Waals surface area (Å²) >= 11 is 1.00. The molecule has 0 aliphatic carbocycles. The third-order valence-corrected chi connectivity index (χ3v) is 14.2. The predicted molar refractivity (Wildman–Crippen MR) is 150 cm³/mol. The highest BCUT2D eigenvalue weighted by Gasteiger charge is 2.41. The van der Waals surface area contributed by atoms with E-state index in [1.807, 2.05) is 6.07 Å². The maximum absolute atomic E-state index is 14.0. The molecule has 3 aromatic rings. The molecule has 1 unspecified atom stereocenters. The fraction of sp³-hybridized carbons (Fsp3) is 0.462. The van der Waals surface area contributed by atoms with Crippen LogP contribution in [0.4, 0.5) is 5.13 Å². The van der Waals surface area contributed by atoms with Crippen molar-refractivity contribution in [2.45, 2.75) is 62.9 Å². The Morgan fingerprint density at radius 3 is 2.53 bits per heavy atom. The predicted octanol–water partition coefficient (Wildman–Crippen LogP) is 5.80. The number of rotatable bonds is 9. The van der Waals surface area contributed by atoms with E-state index < -0.39 is 18.3 Å². The minimum Gasteiger partial charge on any atom is -0.497 e. The van der Waals surface area contributed by atoms with Crippen molar-refractivity contribution in [3.63, 3.8) is 0 Å². The fourth-order valence-corrected chi connectivity index (χ4v) is 7.40. The molecule has 0 radical (unpaired) electrons. The average Bonchev–Trinajstić information content (AvgIpc) is 3.40. The number of methoxy groups -OCH3 is 2. The van der Waals surface area contributed by atoms with Crippen LogP contribution in [0.25, 0.3) is 0 Å². The molecule has 0 fully saturated rings. The second kappa shape index (κ2) is 10.8. The van der Waals surface area contributed by atoms with E-state index in [4.69, 9.17) is 18.6 Å². The molecule has 0 saturated heterocycles. The molecule has 1 aliphatic heterocycles. The van der Waals surface area contributed by atoms with Crippen LogP contribution >= 0.6 is 11.5 Å². The summed E-state index contributed by atoms with van der Waals surface area (Å²) in [6.07, 6.45) is 1.92. The van der Waals surface area contributed by atoms with Crippen LogP contribution in [-0.4, -0.2) is 46.9 Å². The van der Waals surface area contributed by atoms with E-state index in [9.17, 15) is 8.42 Å². The van der Waals surface area contributed by atoms with Gasteiger partial charge < -0.3 is 18.6 Å². The molecule has 206 valence electrons. The van der Waals surface area contributed by atoms with Crippen LogP contribution in [0.3, 0.4) is 0 Å². The zero-order valence-electron chi connectivity index (χ0n) is 22.8. The van der Waals surface area contributed by atoms with E-state index in [1.54, 1.807) is 37.4 Å². The number of fused-ring (bicyclic) bond motifs is 1. The lowest BCUT2D eigenvalue weighted by Crippen LogP contribution is -2.42. The van der Waals surface area contributed by atoms with E-state index in [-0.39, 0.29) is 27.7 Å². The largest absolute Gasteiger partial charge is 0.497 e. The van der Waals surface area contributed by atoms with Crippen molar-refractivity contribution < 1.29 is 27.1 Å². The first-order chi connectivity index (χ1) is 17.9. The van der Waals surface area contributed by atoms with E-state index in [2.05, 4.69) is 43.2 Å². The Morgan fingerprint density at radius 1 is 1.13 bits per heavy atom. The normalized spacial score (nSPS) is 15.9. The summed E-state index contributed by atoms with van der Waals surface area (Å²) in [6.45, 7) is 11.5. The number of sulfonamides is 1. The highest BCUT2D eigenvalue weighted by Crippen LogP contribution is 2.44. The van der Waals surface area contributed by atoms with Gasteiger partial charge in [0.2, 0.25) is 5.13 Å². The zero-order chi connectivity index (χ0) is 27.7. The van der Waals surface area contributed by atoms with Crippen molar-refractivity contribution in [1.82, 2.24) is 9.36 Å². The third-order valence-electron chi connectivity index (χ3n) is 7.17. The summed E-state index contributed by atoms with van der Waals surface area (Å²) in [5.41, 5.74) is 1.53. The molecular weight excluding hydrogens is 543 g/mol.